The standard InChI is InChI=1S/C37H58N2O6/c1-7-23(44-31(41)38-16-8-17-38)24-20-22(2)28-29(43-24)30(40)35(6)26-11-10-25-33(3,4)27(45-32(42)39-18-9-19-39)12-13-36(25)21-37(26,36)15-14-34(28,35)5/h22-30,40H,7-21H2,1-6H3. The van der Waals surface area contributed by atoms with Crippen LogP contribution in [0, 0.1) is 50.7 Å². The van der Waals surface area contributed by atoms with E-state index in [1.165, 1.54) is 12.8 Å². The number of hydrogen-bond acceptors (Lipinski definition) is 6. The van der Waals surface area contributed by atoms with Crippen molar-refractivity contribution < 1.29 is 28.9 Å². The molecule has 8 fully saturated rings. The molecule has 3 saturated heterocycles. The summed E-state index contributed by atoms with van der Waals surface area (Å²) in [6.45, 7) is 17.4. The van der Waals surface area contributed by atoms with Crippen molar-refractivity contribution in [2.45, 2.75) is 143 Å². The van der Waals surface area contributed by atoms with Crippen LogP contribution in [0.25, 0.3) is 0 Å². The Morgan fingerprint density at radius 2 is 1.56 bits per heavy atom. The third-order valence-corrected chi connectivity index (χ3v) is 16.3. The summed E-state index contributed by atoms with van der Waals surface area (Å²) in [5.74, 6) is 1.71. The first-order valence-electron chi connectivity index (χ1n) is 18.6. The molecule has 45 heavy (non-hydrogen) atoms. The van der Waals surface area contributed by atoms with Crippen molar-refractivity contribution in [2.75, 3.05) is 26.2 Å². The lowest BCUT2D eigenvalue weighted by Gasteiger charge is -2.63. The number of fused-ring (bicyclic) bond motifs is 4. The maximum absolute atomic E-state index is 12.9. The first-order chi connectivity index (χ1) is 21.3. The zero-order valence-electron chi connectivity index (χ0n) is 28.7. The molecule has 2 amide bonds. The quantitative estimate of drug-likeness (QED) is 0.377. The van der Waals surface area contributed by atoms with Crippen molar-refractivity contribution in [3.8, 4) is 0 Å². The number of amides is 2. The molecule has 5 aliphatic carbocycles. The minimum absolute atomic E-state index is 0.00347. The number of nitrogens with zero attached hydrogens (tertiary/aromatic N) is 2. The Morgan fingerprint density at radius 3 is 2.20 bits per heavy atom. The minimum Gasteiger partial charge on any atom is -0.446 e. The molecule has 8 aliphatic rings. The number of aliphatic hydroxyl groups excluding tert-OH is 1. The van der Waals surface area contributed by atoms with Gasteiger partial charge in [-0.15, -0.1) is 0 Å². The molecular weight excluding hydrogens is 568 g/mol. The summed E-state index contributed by atoms with van der Waals surface area (Å²) in [5.41, 5.74) is 0.293. The molecule has 13 unspecified atom stereocenters. The lowest BCUT2D eigenvalue weighted by Crippen LogP contribution is -2.60. The number of ether oxygens (including phenoxy) is 3. The Hall–Kier alpha value is -1.54. The van der Waals surface area contributed by atoms with Crippen LogP contribution in [0.4, 0.5) is 9.59 Å². The van der Waals surface area contributed by atoms with E-state index in [0.29, 0.717) is 29.1 Å². The molecular formula is C37H58N2O6. The topological polar surface area (TPSA) is 88.5 Å². The van der Waals surface area contributed by atoms with Gasteiger partial charge in [-0.2, -0.15) is 0 Å². The molecule has 8 rings (SSSR count). The SMILES string of the molecule is CCC(OC(=O)N1CCC1)C1CC(C)C2C(O1)C(O)C1(C)C3CCC4C(C)(C)C(OC(=O)N5CCC5)CCC45CC35CCC21C. The fourth-order valence-electron chi connectivity index (χ4n) is 13.6. The molecule has 0 aromatic carbocycles. The van der Waals surface area contributed by atoms with Gasteiger partial charge in [-0.1, -0.05) is 41.5 Å². The van der Waals surface area contributed by atoms with E-state index in [4.69, 9.17) is 14.2 Å². The van der Waals surface area contributed by atoms with Crippen molar-refractivity contribution in [3.05, 3.63) is 0 Å². The zero-order chi connectivity index (χ0) is 31.7. The molecule has 0 radical (unpaired) electrons. The lowest BCUT2D eigenvalue weighted by atomic mass is 9.41. The molecule has 2 spiro atoms. The van der Waals surface area contributed by atoms with Crippen LogP contribution in [0.5, 0.6) is 0 Å². The average molecular weight is 627 g/mol. The van der Waals surface area contributed by atoms with Crippen LogP contribution in [0.1, 0.15) is 112 Å². The molecule has 0 aromatic rings. The summed E-state index contributed by atoms with van der Waals surface area (Å²) in [6, 6.07) is 0. The number of hydrogen-bond donors (Lipinski definition) is 1. The molecule has 8 nitrogen and oxygen atoms in total. The van der Waals surface area contributed by atoms with Gasteiger partial charge in [0.25, 0.3) is 0 Å². The van der Waals surface area contributed by atoms with Gasteiger partial charge in [-0.3, -0.25) is 0 Å². The van der Waals surface area contributed by atoms with Crippen LogP contribution < -0.4 is 0 Å². The predicted molar refractivity (Wildman–Crippen MR) is 169 cm³/mol. The highest BCUT2D eigenvalue weighted by Gasteiger charge is 2.84. The van der Waals surface area contributed by atoms with Crippen molar-refractivity contribution >= 4 is 12.2 Å². The molecule has 1 N–H and O–H groups in total. The van der Waals surface area contributed by atoms with Gasteiger partial charge in [0.1, 0.15) is 12.2 Å². The summed E-state index contributed by atoms with van der Waals surface area (Å²) in [5, 5.41) is 12.5. The van der Waals surface area contributed by atoms with Crippen LogP contribution in [-0.2, 0) is 14.2 Å². The van der Waals surface area contributed by atoms with Gasteiger partial charge < -0.3 is 29.1 Å². The monoisotopic (exact) mass is 626 g/mol. The van der Waals surface area contributed by atoms with E-state index in [1.54, 1.807) is 4.90 Å². The number of rotatable bonds is 4. The Kier molecular flexibility index (Phi) is 6.83. The second-order valence-electron chi connectivity index (χ2n) is 17.9. The van der Waals surface area contributed by atoms with E-state index in [0.717, 1.165) is 84.0 Å². The maximum Gasteiger partial charge on any atom is 0.410 e. The molecule has 3 heterocycles. The van der Waals surface area contributed by atoms with Crippen LogP contribution in [0.15, 0.2) is 0 Å². The molecule has 5 saturated carbocycles. The van der Waals surface area contributed by atoms with E-state index in [9.17, 15) is 14.7 Å². The fourth-order valence-corrected chi connectivity index (χ4v) is 13.6. The highest BCUT2D eigenvalue weighted by Crippen LogP contribution is 2.89. The van der Waals surface area contributed by atoms with E-state index >= 15 is 0 Å². The summed E-state index contributed by atoms with van der Waals surface area (Å²) >= 11 is 0. The lowest BCUT2D eigenvalue weighted by molar-refractivity contribution is -0.184. The second kappa shape index (κ2) is 9.99. The molecule has 252 valence electrons. The molecule has 3 aliphatic heterocycles. The smallest absolute Gasteiger partial charge is 0.410 e. The van der Waals surface area contributed by atoms with Gasteiger partial charge in [0.2, 0.25) is 0 Å². The third-order valence-electron chi connectivity index (χ3n) is 16.3. The Bertz CT molecular complexity index is 1230. The molecule has 13 atom stereocenters. The van der Waals surface area contributed by atoms with Crippen LogP contribution in [0.3, 0.4) is 0 Å². The number of likely N-dealkylation sites (tertiary alicyclic amines) is 2. The van der Waals surface area contributed by atoms with Crippen LogP contribution >= 0.6 is 0 Å². The number of aliphatic hydroxyl groups is 1. The Labute approximate surface area is 270 Å². The van der Waals surface area contributed by atoms with Gasteiger partial charge >= 0.3 is 12.2 Å². The van der Waals surface area contributed by atoms with Gasteiger partial charge in [0.15, 0.2) is 0 Å². The normalized spacial score (nSPS) is 51.2. The second-order valence-corrected chi connectivity index (χ2v) is 17.9. The largest absolute Gasteiger partial charge is 0.446 e. The van der Waals surface area contributed by atoms with Crippen LogP contribution in [0.2, 0.25) is 0 Å². The fraction of sp³-hybridized carbons (Fsp3) is 0.946. The van der Waals surface area contributed by atoms with Gasteiger partial charge in [-0.05, 0) is 111 Å². The molecule has 0 aromatic heterocycles. The number of carbonyl (C=O) groups is 2. The van der Waals surface area contributed by atoms with E-state index in [2.05, 4.69) is 41.5 Å². The predicted octanol–water partition coefficient (Wildman–Crippen LogP) is 6.63. The van der Waals surface area contributed by atoms with E-state index < -0.39 is 6.10 Å². The van der Waals surface area contributed by atoms with Gasteiger partial charge in [-0.25, -0.2) is 9.59 Å². The van der Waals surface area contributed by atoms with E-state index in [1.807, 2.05) is 4.90 Å². The van der Waals surface area contributed by atoms with Gasteiger partial charge in [0, 0.05) is 37.0 Å². The summed E-state index contributed by atoms with van der Waals surface area (Å²) in [7, 11) is 0. The summed E-state index contributed by atoms with van der Waals surface area (Å²) in [4.78, 5) is 29.3. The average Bonchev–Trinajstić information content (AvgIpc) is 3.56. The molecule has 8 heteroatoms. The summed E-state index contributed by atoms with van der Waals surface area (Å²) in [6.07, 6.45) is 10.2. The van der Waals surface area contributed by atoms with Crippen molar-refractivity contribution in [3.63, 3.8) is 0 Å². The minimum atomic E-state index is -0.528. The first-order valence-corrected chi connectivity index (χ1v) is 18.6. The van der Waals surface area contributed by atoms with Crippen LogP contribution in [-0.4, -0.2) is 83.8 Å². The van der Waals surface area contributed by atoms with Crippen molar-refractivity contribution in [2.24, 2.45) is 50.7 Å². The van der Waals surface area contributed by atoms with Crippen molar-refractivity contribution in [1.82, 2.24) is 9.80 Å². The first kappa shape index (κ1) is 30.8. The Morgan fingerprint density at radius 1 is 0.911 bits per heavy atom. The van der Waals surface area contributed by atoms with Crippen molar-refractivity contribution in [1.29, 1.82) is 0 Å². The number of carbonyl (C=O) groups excluding carboxylic acids is 2. The third kappa shape index (κ3) is 3.84. The molecule has 0 bridgehead atoms. The van der Waals surface area contributed by atoms with E-state index in [-0.39, 0.29) is 58.3 Å². The summed E-state index contributed by atoms with van der Waals surface area (Å²) < 4.78 is 19.2. The zero-order valence-corrected chi connectivity index (χ0v) is 28.7. The Balaban J connectivity index is 1.04. The van der Waals surface area contributed by atoms with Gasteiger partial charge in [0.05, 0.1) is 18.3 Å². The highest BCUT2D eigenvalue weighted by atomic mass is 16.6. The highest BCUT2D eigenvalue weighted by molar-refractivity contribution is 5.69. The maximum atomic E-state index is 12.9.